The van der Waals surface area contributed by atoms with Crippen LogP contribution in [0.25, 0.3) is 0 Å². The van der Waals surface area contributed by atoms with E-state index in [4.69, 9.17) is 12.2 Å². The van der Waals surface area contributed by atoms with Gasteiger partial charge in [0.2, 0.25) is 0 Å². The van der Waals surface area contributed by atoms with E-state index in [9.17, 15) is 0 Å². The molecule has 0 aromatic heterocycles. The second kappa shape index (κ2) is 8.92. The van der Waals surface area contributed by atoms with Crippen molar-refractivity contribution in [3.05, 3.63) is 0 Å². The van der Waals surface area contributed by atoms with Crippen molar-refractivity contribution in [3.63, 3.8) is 0 Å². The normalized spacial score (nSPS) is 12.8. The minimum Gasteiger partial charge on any atom is -0.379 e. The third-order valence-corrected chi connectivity index (χ3v) is 0.949. The van der Waals surface area contributed by atoms with Crippen LogP contribution in [0.2, 0.25) is 0 Å². The molecule has 0 atom stereocenters. The van der Waals surface area contributed by atoms with E-state index in [2.05, 4.69) is 0 Å². The third-order valence-electron chi connectivity index (χ3n) is 0.949. The van der Waals surface area contributed by atoms with E-state index in [0.29, 0.717) is 40.2 Å². The standard InChI is InChI=1S/C8H18O2/c1-3-5-9-7-8-10-6-4-2/h3-8H2,1-2H3/i1D,2D. The highest BCUT2D eigenvalue weighted by Gasteiger charge is 1.85. The molecule has 0 aliphatic heterocycles. The molecule has 0 aliphatic rings. The Morgan fingerprint density at radius 2 is 1.40 bits per heavy atom. The summed E-state index contributed by atoms with van der Waals surface area (Å²) in [6.07, 6.45) is 1.60. The first-order valence-corrected chi connectivity index (χ1v) is 3.65. The summed E-state index contributed by atoms with van der Waals surface area (Å²) in [5, 5.41) is 0. The lowest BCUT2D eigenvalue weighted by atomic mass is 10.5. The second-order valence-electron chi connectivity index (χ2n) is 1.93. The van der Waals surface area contributed by atoms with Gasteiger partial charge in [-0.1, -0.05) is 13.8 Å². The number of hydrogen-bond acceptors (Lipinski definition) is 2. The smallest absolute Gasteiger partial charge is 0.0700 e. The second-order valence-corrected chi connectivity index (χ2v) is 1.93. The summed E-state index contributed by atoms with van der Waals surface area (Å²) in [6.45, 7) is 3.39. The van der Waals surface area contributed by atoms with Gasteiger partial charge in [-0.3, -0.25) is 0 Å². The first kappa shape index (κ1) is 6.62. The summed E-state index contributed by atoms with van der Waals surface area (Å²) < 4.78 is 24.0. The maximum atomic E-state index is 6.84. The largest absolute Gasteiger partial charge is 0.379 e. The molecule has 0 radical (unpaired) electrons. The Balaban J connectivity index is 2.73. The monoisotopic (exact) mass is 148 g/mol. The van der Waals surface area contributed by atoms with E-state index in [1.54, 1.807) is 0 Å². The maximum absolute atomic E-state index is 6.84. The van der Waals surface area contributed by atoms with Gasteiger partial charge in [0.15, 0.2) is 0 Å². The zero-order valence-corrected chi connectivity index (χ0v) is 6.47. The van der Waals surface area contributed by atoms with Crippen molar-refractivity contribution in [2.75, 3.05) is 26.4 Å². The highest BCUT2D eigenvalue weighted by molar-refractivity contribution is 4.30. The van der Waals surface area contributed by atoms with Crippen LogP contribution in [0, 0.1) is 0 Å². The Morgan fingerprint density at radius 3 is 1.80 bits per heavy atom. The zero-order chi connectivity index (χ0) is 9.07. The molecule has 0 aromatic carbocycles. The SMILES string of the molecule is [2H]CCCOCCOCCC[2H]. The summed E-state index contributed by atoms with van der Waals surface area (Å²) in [6, 6.07) is 0. The lowest BCUT2D eigenvalue weighted by Crippen LogP contribution is -2.04. The highest BCUT2D eigenvalue weighted by atomic mass is 16.5. The number of hydrogen-bond donors (Lipinski definition) is 0. The lowest BCUT2D eigenvalue weighted by Gasteiger charge is -2.02. The molecule has 0 rings (SSSR count). The molecule has 0 amide bonds. The lowest BCUT2D eigenvalue weighted by molar-refractivity contribution is 0.0483. The molecule has 0 heterocycles. The number of rotatable bonds is 7. The Bertz CT molecular complexity index is 71.5. The van der Waals surface area contributed by atoms with Crippen molar-refractivity contribution in [1.82, 2.24) is 0 Å². The molecular weight excluding hydrogens is 128 g/mol. The van der Waals surface area contributed by atoms with Crippen LogP contribution in [0.1, 0.15) is 29.4 Å². The fourth-order valence-corrected chi connectivity index (χ4v) is 0.526. The quantitative estimate of drug-likeness (QED) is 0.513. The van der Waals surface area contributed by atoms with E-state index in [1.165, 1.54) is 0 Å². The molecule has 2 heteroatoms. The summed E-state index contributed by atoms with van der Waals surface area (Å²) in [5.41, 5.74) is 0. The van der Waals surface area contributed by atoms with E-state index in [1.807, 2.05) is 0 Å². The molecule has 0 fully saturated rings. The van der Waals surface area contributed by atoms with Crippen molar-refractivity contribution < 1.29 is 12.2 Å². The molecule has 62 valence electrons. The molecule has 0 aromatic rings. The molecule has 0 saturated carbocycles. The predicted molar refractivity (Wildman–Crippen MR) is 42.2 cm³/mol. The molecule has 0 spiro atoms. The van der Waals surface area contributed by atoms with Gasteiger partial charge in [-0.2, -0.15) is 0 Å². The van der Waals surface area contributed by atoms with Crippen molar-refractivity contribution in [2.24, 2.45) is 0 Å². The fourth-order valence-electron chi connectivity index (χ4n) is 0.526. The van der Waals surface area contributed by atoms with E-state index >= 15 is 0 Å². The van der Waals surface area contributed by atoms with Crippen LogP contribution in [0.5, 0.6) is 0 Å². The van der Waals surface area contributed by atoms with Gasteiger partial charge < -0.3 is 9.47 Å². The van der Waals surface area contributed by atoms with Gasteiger partial charge in [0.05, 0.1) is 13.2 Å². The maximum Gasteiger partial charge on any atom is 0.0700 e. The van der Waals surface area contributed by atoms with E-state index < -0.39 is 0 Å². The molecule has 0 aliphatic carbocycles. The zero-order valence-electron chi connectivity index (χ0n) is 8.47. The third kappa shape index (κ3) is 7.92. The van der Waals surface area contributed by atoms with Crippen molar-refractivity contribution in [2.45, 2.75) is 26.6 Å². The highest BCUT2D eigenvalue weighted by Crippen LogP contribution is 1.83. The van der Waals surface area contributed by atoms with Crippen LogP contribution < -0.4 is 0 Å². The van der Waals surface area contributed by atoms with Gasteiger partial charge in [-0.15, -0.1) is 0 Å². The summed E-state index contributed by atoms with van der Waals surface area (Å²) in [5.74, 6) is 0. The van der Waals surface area contributed by atoms with Gasteiger partial charge in [0.25, 0.3) is 0 Å². The van der Waals surface area contributed by atoms with Crippen LogP contribution in [0.4, 0.5) is 0 Å². The molecular formula is C8H18O2. The fraction of sp³-hybridized carbons (Fsp3) is 1.00. The summed E-state index contributed by atoms with van der Waals surface area (Å²) in [4.78, 5) is 0. The van der Waals surface area contributed by atoms with Crippen molar-refractivity contribution >= 4 is 0 Å². The minimum atomic E-state index is 0.430. The molecule has 0 N–H and O–H groups in total. The van der Waals surface area contributed by atoms with Crippen molar-refractivity contribution in [1.29, 1.82) is 0 Å². The average Bonchev–Trinajstić information content (AvgIpc) is 2.10. The van der Waals surface area contributed by atoms with Crippen LogP contribution in [-0.2, 0) is 9.47 Å². The van der Waals surface area contributed by atoms with Crippen LogP contribution >= 0.6 is 0 Å². The van der Waals surface area contributed by atoms with Crippen LogP contribution in [-0.4, -0.2) is 26.4 Å². The van der Waals surface area contributed by atoms with Gasteiger partial charge in [-0.05, 0) is 12.8 Å². The molecule has 0 unspecified atom stereocenters. The van der Waals surface area contributed by atoms with Crippen molar-refractivity contribution in [3.8, 4) is 0 Å². The molecule has 0 saturated heterocycles. The first-order chi connectivity index (χ1) is 5.91. The Kier molecular flexibility index (Phi) is 5.90. The van der Waals surface area contributed by atoms with Gasteiger partial charge in [0, 0.05) is 16.0 Å². The number of ether oxygens (including phenoxy) is 2. The van der Waals surface area contributed by atoms with Gasteiger partial charge in [0.1, 0.15) is 0 Å². The Morgan fingerprint density at radius 1 is 0.900 bits per heavy atom. The minimum absolute atomic E-state index is 0.430. The summed E-state index contributed by atoms with van der Waals surface area (Å²) >= 11 is 0. The molecule has 2 nitrogen and oxygen atoms in total. The van der Waals surface area contributed by atoms with Gasteiger partial charge in [-0.25, -0.2) is 0 Å². The summed E-state index contributed by atoms with van der Waals surface area (Å²) in [7, 11) is 0. The molecule has 0 bridgehead atoms. The van der Waals surface area contributed by atoms with Gasteiger partial charge >= 0.3 is 0 Å². The van der Waals surface area contributed by atoms with Crippen LogP contribution in [0.15, 0.2) is 0 Å². The predicted octanol–water partition coefficient (Wildman–Crippen LogP) is 1.84. The first-order valence-electron chi connectivity index (χ1n) is 5.07. The topological polar surface area (TPSA) is 18.5 Å². The molecule has 10 heavy (non-hydrogen) atoms. The van der Waals surface area contributed by atoms with Crippen LogP contribution in [0.3, 0.4) is 0 Å². The Hall–Kier alpha value is -0.0800. The van der Waals surface area contributed by atoms with E-state index in [-0.39, 0.29) is 0 Å². The van der Waals surface area contributed by atoms with E-state index in [0.717, 1.165) is 12.8 Å². The average molecular weight is 148 g/mol. The Labute approximate surface area is 66.3 Å².